The Morgan fingerprint density at radius 3 is 2.52 bits per heavy atom. The maximum Gasteiger partial charge on any atom is 0.251 e. The molecule has 0 aromatic heterocycles. The van der Waals surface area contributed by atoms with Crippen LogP contribution in [0.2, 0.25) is 0 Å². The molecule has 1 N–H and O–H groups in total. The van der Waals surface area contributed by atoms with E-state index < -0.39 is 0 Å². The molecule has 2 saturated heterocycles. The number of piperidine rings is 1. The fourth-order valence-electron chi connectivity index (χ4n) is 4.06. The summed E-state index contributed by atoms with van der Waals surface area (Å²) in [6.45, 7) is 10.1. The van der Waals surface area contributed by atoms with Crippen molar-refractivity contribution < 1.29 is 4.79 Å². The van der Waals surface area contributed by atoms with E-state index in [1.54, 1.807) is 0 Å². The van der Waals surface area contributed by atoms with E-state index in [1.165, 1.54) is 57.4 Å². The minimum atomic E-state index is 0.0552. The second-order valence-electron chi connectivity index (χ2n) is 7.84. The summed E-state index contributed by atoms with van der Waals surface area (Å²) >= 11 is 0. The van der Waals surface area contributed by atoms with Crippen LogP contribution in [0, 0.1) is 5.92 Å². The zero-order chi connectivity index (χ0) is 17.5. The molecule has 1 aromatic rings. The van der Waals surface area contributed by atoms with Gasteiger partial charge in [-0.15, -0.1) is 0 Å². The molecular formula is C21H33N3O. The van der Waals surface area contributed by atoms with Gasteiger partial charge in [0.15, 0.2) is 0 Å². The number of hydrogen-bond acceptors (Lipinski definition) is 3. The lowest BCUT2D eigenvalue weighted by molar-refractivity contribution is 0.0952. The molecule has 1 aromatic carbocycles. The SMILES string of the molecule is C[C@H]1CCCN(Cc2ccc(C(=O)NCCCN3CCCC3)cc2)C1. The minimum Gasteiger partial charge on any atom is -0.352 e. The Morgan fingerprint density at radius 2 is 1.80 bits per heavy atom. The predicted molar refractivity (Wildman–Crippen MR) is 103 cm³/mol. The summed E-state index contributed by atoms with van der Waals surface area (Å²) in [5.41, 5.74) is 2.08. The zero-order valence-electron chi connectivity index (χ0n) is 15.7. The Bertz CT molecular complexity index is 537. The number of nitrogens with one attached hydrogen (secondary N) is 1. The molecule has 138 valence electrons. The molecule has 3 rings (SSSR count). The standard InChI is InChI=1S/C21H33N3O/c1-18-6-4-14-24(16-18)17-19-7-9-20(10-8-19)21(25)22-11-5-15-23-12-2-3-13-23/h7-10,18H,2-6,11-17H2,1H3,(H,22,25)/t18-/m0/s1. The van der Waals surface area contributed by atoms with Gasteiger partial charge in [0, 0.05) is 25.2 Å². The van der Waals surface area contributed by atoms with E-state index in [2.05, 4.69) is 34.2 Å². The molecule has 0 unspecified atom stereocenters. The Balaban J connectivity index is 1.39. The van der Waals surface area contributed by atoms with Gasteiger partial charge in [0.05, 0.1) is 0 Å². The third-order valence-corrected chi connectivity index (χ3v) is 5.50. The maximum absolute atomic E-state index is 12.2. The normalized spacial score (nSPS) is 22.2. The summed E-state index contributed by atoms with van der Waals surface area (Å²) in [6.07, 6.45) is 6.35. The zero-order valence-corrected chi connectivity index (χ0v) is 15.7. The van der Waals surface area contributed by atoms with Crippen molar-refractivity contribution in [3.63, 3.8) is 0 Å². The Hall–Kier alpha value is -1.39. The van der Waals surface area contributed by atoms with Crippen LogP contribution in [0.25, 0.3) is 0 Å². The van der Waals surface area contributed by atoms with Crippen LogP contribution in [-0.2, 0) is 6.54 Å². The Labute approximate surface area is 152 Å². The molecule has 0 aliphatic carbocycles. The van der Waals surface area contributed by atoms with E-state index in [0.717, 1.165) is 37.5 Å². The highest BCUT2D eigenvalue weighted by atomic mass is 16.1. The smallest absolute Gasteiger partial charge is 0.251 e. The van der Waals surface area contributed by atoms with E-state index in [0.29, 0.717) is 0 Å². The highest BCUT2D eigenvalue weighted by Crippen LogP contribution is 2.18. The molecule has 2 heterocycles. The summed E-state index contributed by atoms with van der Waals surface area (Å²) < 4.78 is 0. The van der Waals surface area contributed by atoms with Gasteiger partial charge in [0.2, 0.25) is 0 Å². The van der Waals surface area contributed by atoms with Gasteiger partial charge in [-0.25, -0.2) is 0 Å². The van der Waals surface area contributed by atoms with Crippen molar-refractivity contribution in [2.24, 2.45) is 5.92 Å². The second kappa shape index (κ2) is 9.35. The van der Waals surface area contributed by atoms with Crippen LogP contribution in [0.5, 0.6) is 0 Å². The van der Waals surface area contributed by atoms with Crippen LogP contribution in [0.1, 0.15) is 54.9 Å². The molecule has 4 nitrogen and oxygen atoms in total. The molecule has 2 aliphatic heterocycles. The van der Waals surface area contributed by atoms with Gasteiger partial charge in [-0.2, -0.15) is 0 Å². The van der Waals surface area contributed by atoms with Crippen molar-refractivity contribution in [1.29, 1.82) is 0 Å². The van der Waals surface area contributed by atoms with Crippen molar-refractivity contribution in [1.82, 2.24) is 15.1 Å². The Morgan fingerprint density at radius 1 is 1.08 bits per heavy atom. The molecule has 1 amide bonds. The van der Waals surface area contributed by atoms with Crippen molar-refractivity contribution in [2.75, 3.05) is 39.3 Å². The number of amides is 1. The van der Waals surface area contributed by atoms with Crippen LogP contribution in [0.3, 0.4) is 0 Å². The van der Waals surface area contributed by atoms with E-state index in [4.69, 9.17) is 0 Å². The van der Waals surface area contributed by atoms with Gasteiger partial charge in [-0.05, 0) is 81.9 Å². The van der Waals surface area contributed by atoms with E-state index >= 15 is 0 Å². The molecule has 25 heavy (non-hydrogen) atoms. The number of benzene rings is 1. The lowest BCUT2D eigenvalue weighted by atomic mass is 9.99. The maximum atomic E-state index is 12.2. The van der Waals surface area contributed by atoms with Crippen LogP contribution in [-0.4, -0.2) is 55.0 Å². The number of likely N-dealkylation sites (tertiary alicyclic amines) is 2. The fourth-order valence-corrected chi connectivity index (χ4v) is 4.06. The van der Waals surface area contributed by atoms with Crippen LogP contribution in [0.15, 0.2) is 24.3 Å². The minimum absolute atomic E-state index is 0.0552. The first-order valence-electron chi connectivity index (χ1n) is 10.0. The lowest BCUT2D eigenvalue weighted by Crippen LogP contribution is -2.33. The number of hydrogen-bond donors (Lipinski definition) is 1. The average molecular weight is 344 g/mol. The molecule has 2 aliphatic rings. The van der Waals surface area contributed by atoms with E-state index in [-0.39, 0.29) is 5.91 Å². The summed E-state index contributed by atoms with van der Waals surface area (Å²) in [5.74, 6) is 0.860. The summed E-state index contributed by atoms with van der Waals surface area (Å²) in [7, 11) is 0. The van der Waals surface area contributed by atoms with E-state index in [1.807, 2.05) is 12.1 Å². The van der Waals surface area contributed by atoms with Gasteiger partial charge in [-0.3, -0.25) is 9.69 Å². The molecule has 1 atom stereocenters. The van der Waals surface area contributed by atoms with Gasteiger partial charge >= 0.3 is 0 Å². The third-order valence-electron chi connectivity index (χ3n) is 5.50. The predicted octanol–water partition coefficient (Wildman–Crippen LogP) is 3.13. The van der Waals surface area contributed by atoms with Gasteiger partial charge < -0.3 is 10.2 Å². The highest BCUT2D eigenvalue weighted by Gasteiger charge is 2.16. The molecule has 4 heteroatoms. The van der Waals surface area contributed by atoms with Crippen molar-refractivity contribution in [2.45, 2.75) is 45.6 Å². The second-order valence-corrected chi connectivity index (χ2v) is 7.84. The summed E-state index contributed by atoms with van der Waals surface area (Å²) in [5, 5.41) is 3.05. The number of rotatable bonds is 7. The largest absolute Gasteiger partial charge is 0.352 e. The highest BCUT2D eigenvalue weighted by molar-refractivity contribution is 5.94. The third kappa shape index (κ3) is 5.82. The first kappa shape index (κ1) is 18.4. The topological polar surface area (TPSA) is 35.6 Å². The lowest BCUT2D eigenvalue weighted by Gasteiger charge is -2.30. The molecule has 0 saturated carbocycles. The van der Waals surface area contributed by atoms with Gasteiger partial charge in [0.25, 0.3) is 5.91 Å². The van der Waals surface area contributed by atoms with Crippen molar-refractivity contribution >= 4 is 5.91 Å². The average Bonchev–Trinajstić information content (AvgIpc) is 3.13. The van der Waals surface area contributed by atoms with Gasteiger partial charge in [0.1, 0.15) is 0 Å². The molecule has 0 radical (unpaired) electrons. The molecule has 2 fully saturated rings. The van der Waals surface area contributed by atoms with Crippen molar-refractivity contribution in [3.05, 3.63) is 35.4 Å². The monoisotopic (exact) mass is 343 g/mol. The molecule has 0 bridgehead atoms. The molecule has 0 spiro atoms. The van der Waals surface area contributed by atoms with Crippen LogP contribution < -0.4 is 5.32 Å². The molecular weight excluding hydrogens is 310 g/mol. The number of carbonyl (C=O) groups is 1. The quantitative estimate of drug-likeness (QED) is 0.773. The first-order chi connectivity index (χ1) is 12.2. The van der Waals surface area contributed by atoms with E-state index in [9.17, 15) is 4.79 Å². The van der Waals surface area contributed by atoms with Crippen LogP contribution in [0.4, 0.5) is 0 Å². The summed E-state index contributed by atoms with van der Waals surface area (Å²) in [6, 6.07) is 8.16. The number of nitrogens with zero attached hydrogens (tertiary/aromatic N) is 2. The first-order valence-corrected chi connectivity index (χ1v) is 10.0. The summed E-state index contributed by atoms with van der Waals surface area (Å²) in [4.78, 5) is 17.3. The Kier molecular flexibility index (Phi) is 6.88. The van der Waals surface area contributed by atoms with Crippen LogP contribution >= 0.6 is 0 Å². The number of carbonyl (C=O) groups excluding carboxylic acids is 1. The fraction of sp³-hybridized carbons (Fsp3) is 0.667. The van der Waals surface area contributed by atoms with Gasteiger partial charge in [-0.1, -0.05) is 19.1 Å². The van der Waals surface area contributed by atoms with Crippen molar-refractivity contribution in [3.8, 4) is 0 Å².